The summed E-state index contributed by atoms with van der Waals surface area (Å²) in [7, 11) is -0.785. The Kier molecular flexibility index (Phi) is 4.76. The van der Waals surface area contributed by atoms with Gasteiger partial charge in [0, 0.05) is 10.6 Å². The quantitative estimate of drug-likeness (QED) is 0.662. The molecule has 1 unspecified atom stereocenters. The highest BCUT2D eigenvalue weighted by Gasteiger charge is 2.00. The fraction of sp³-hybridized carbons (Fsp3) is 0.455. The molecule has 0 amide bonds. The van der Waals surface area contributed by atoms with Crippen molar-refractivity contribution in [1.82, 2.24) is 0 Å². The predicted octanol–water partition coefficient (Wildman–Crippen LogP) is 2.98. The van der Waals surface area contributed by atoms with Gasteiger partial charge in [-0.1, -0.05) is 38.0 Å². The van der Waals surface area contributed by atoms with Crippen LogP contribution in [0.25, 0.3) is 0 Å². The van der Waals surface area contributed by atoms with Gasteiger partial charge in [0.2, 0.25) is 0 Å². The first-order chi connectivity index (χ1) is 6.34. The van der Waals surface area contributed by atoms with Gasteiger partial charge in [-0.05, 0) is 18.6 Å². The highest BCUT2D eigenvalue weighted by atomic mass is 32.2. The summed E-state index contributed by atoms with van der Waals surface area (Å²) < 4.78 is 11.6. The molecule has 1 aromatic rings. The standard InChI is InChI=1S/C11H16OS/c1-2-3-7-10-13(12)11-8-5-4-6-9-11/h4-6,8-9H,2-3,7,10H2,1H3. The summed E-state index contributed by atoms with van der Waals surface area (Å²) in [6, 6.07) is 9.69. The molecule has 0 aliphatic rings. The van der Waals surface area contributed by atoms with Gasteiger partial charge in [0.1, 0.15) is 0 Å². The highest BCUT2D eigenvalue weighted by molar-refractivity contribution is 7.85. The molecule has 0 heterocycles. The Hall–Kier alpha value is -0.630. The molecule has 1 nitrogen and oxygen atoms in total. The molecule has 0 spiro atoms. The lowest BCUT2D eigenvalue weighted by Gasteiger charge is -2.00. The number of unbranched alkanes of at least 4 members (excludes halogenated alkanes) is 2. The van der Waals surface area contributed by atoms with Crippen molar-refractivity contribution in [3.63, 3.8) is 0 Å². The molecule has 0 aliphatic heterocycles. The molecule has 1 aromatic carbocycles. The Labute approximate surface area is 82.6 Å². The second kappa shape index (κ2) is 5.92. The molecule has 13 heavy (non-hydrogen) atoms. The summed E-state index contributed by atoms with van der Waals surface area (Å²) in [5.41, 5.74) is 0. The summed E-state index contributed by atoms with van der Waals surface area (Å²) in [6.07, 6.45) is 3.43. The van der Waals surface area contributed by atoms with Gasteiger partial charge in [-0.15, -0.1) is 0 Å². The minimum Gasteiger partial charge on any atom is -0.254 e. The van der Waals surface area contributed by atoms with Crippen LogP contribution in [0, 0.1) is 0 Å². The van der Waals surface area contributed by atoms with E-state index in [4.69, 9.17) is 0 Å². The Morgan fingerprint density at radius 3 is 2.46 bits per heavy atom. The maximum atomic E-state index is 11.6. The molecule has 0 aliphatic carbocycles. The molecule has 1 atom stereocenters. The number of benzene rings is 1. The lowest BCUT2D eigenvalue weighted by Crippen LogP contribution is -1.97. The largest absolute Gasteiger partial charge is 0.254 e. The van der Waals surface area contributed by atoms with E-state index in [0.29, 0.717) is 0 Å². The Morgan fingerprint density at radius 2 is 1.85 bits per heavy atom. The van der Waals surface area contributed by atoms with E-state index < -0.39 is 10.8 Å². The van der Waals surface area contributed by atoms with Gasteiger partial charge in [0.05, 0.1) is 10.8 Å². The van der Waals surface area contributed by atoms with Crippen LogP contribution in [0.1, 0.15) is 26.2 Å². The second-order valence-corrected chi connectivity index (χ2v) is 4.64. The zero-order chi connectivity index (χ0) is 9.52. The Morgan fingerprint density at radius 1 is 1.15 bits per heavy atom. The van der Waals surface area contributed by atoms with Crippen LogP contribution in [0.3, 0.4) is 0 Å². The van der Waals surface area contributed by atoms with E-state index in [1.165, 1.54) is 12.8 Å². The Balaban J connectivity index is 2.40. The average Bonchev–Trinajstić information content (AvgIpc) is 2.19. The molecular weight excluding hydrogens is 180 g/mol. The molecule has 0 radical (unpaired) electrons. The van der Waals surface area contributed by atoms with E-state index in [1.807, 2.05) is 30.3 Å². The Bertz CT molecular complexity index is 256. The van der Waals surface area contributed by atoms with Crippen LogP contribution in [0.5, 0.6) is 0 Å². The third kappa shape index (κ3) is 3.73. The van der Waals surface area contributed by atoms with Crippen molar-refractivity contribution in [3.05, 3.63) is 30.3 Å². The lowest BCUT2D eigenvalue weighted by atomic mass is 10.3. The maximum absolute atomic E-state index is 11.6. The molecule has 0 N–H and O–H groups in total. The zero-order valence-electron chi connectivity index (χ0n) is 8.03. The smallest absolute Gasteiger partial charge is 0.0529 e. The first-order valence-electron chi connectivity index (χ1n) is 4.78. The minimum absolute atomic E-state index is 0.785. The molecule has 0 fully saturated rings. The van der Waals surface area contributed by atoms with Gasteiger partial charge in [-0.2, -0.15) is 0 Å². The molecule has 0 aromatic heterocycles. The molecule has 72 valence electrons. The van der Waals surface area contributed by atoms with E-state index in [-0.39, 0.29) is 0 Å². The molecule has 0 saturated carbocycles. The van der Waals surface area contributed by atoms with Gasteiger partial charge in [-0.25, -0.2) is 0 Å². The highest BCUT2D eigenvalue weighted by Crippen LogP contribution is 2.07. The molecule has 0 bridgehead atoms. The van der Waals surface area contributed by atoms with Crippen LogP contribution in [-0.2, 0) is 10.8 Å². The number of hydrogen-bond donors (Lipinski definition) is 0. The van der Waals surface area contributed by atoms with Gasteiger partial charge < -0.3 is 0 Å². The van der Waals surface area contributed by atoms with Crippen molar-refractivity contribution in [2.24, 2.45) is 0 Å². The maximum Gasteiger partial charge on any atom is 0.0529 e. The minimum atomic E-state index is -0.785. The summed E-state index contributed by atoms with van der Waals surface area (Å²) in [5.74, 6) is 0.803. The second-order valence-electron chi connectivity index (χ2n) is 3.07. The van der Waals surface area contributed by atoms with Gasteiger partial charge in [0.25, 0.3) is 0 Å². The van der Waals surface area contributed by atoms with Crippen molar-refractivity contribution in [3.8, 4) is 0 Å². The van der Waals surface area contributed by atoms with Crippen LogP contribution < -0.4 is 0 Å². The summed E-state index contributed by atoms with van der Waals surface area (Å²) in [4.78, 5) is 0.957. The first kappa shape index (κ1) is 10.5. The third-order valence-corrected chi connectivity index (χ3v) is 3.40. The lowest BCUT2D eigenvalue weighted by molar-refractivity contribution is 0.676. The van der Waals surface area contributed by atoms with Crippen molar-refractivity contribution in [1.29, 1.82) is 0 Å². The van der Waals surface area contributed by atoms with Crippen LogP contribution >= 0.6 is 0 Å². The summed E-state index contributed by atoms with van der Waals surface area (Å²) in [6.45, 7) is 2.16. The molecule has 1 rings (SSSR count). The average molecular weight is 196 g/mol. The van der Waals surface area contributed by atoms with Gasteiger partial charge >= 0.3 is 0 Å². The van der Waals surface area contributed by atoms with Crippen LogP contribution in [-0.4, -0.2) is 9.96 Å². The topological polar surface area (TPSA) is 17.1 Å². The van der Waals surface area contributed by atoms with E-state index >= 15 is 0 Å². The molecule has 2 heteroatoms. The SMILES string of the molecule is CCCCCS(=O)c1ccccc1. The van der Waals surface area contributed by atoms with Gasteiger partial charge in [0.15, 0.2) is 0 Å². The van der Waals surface area contributed by atoms with Crippen molar-refractivity contribution < 1.29 is 4.21 Å². The molecular formula is C11H16OS. The van der Waals surface area contributed by atoms with Crippen LogP contribution in [0.2, 0.25) is 0 Å². The normalized spacial score (nSPS) is 12.7. The van der Waals surface area contributed by atoms with E-state index in [1.54, 1.807) is 0 Å². The third-order valence-electron chi connectivity index (χ3n) is 1.94. The fourth-order valence-corrected chi connectivity index (χ4v) is 2.34. The summed E-state index contributed by atoms with van der Waals surface area (Å²) >= 11 is 0. The van der Waals surface area contributed by atoms with Crippen LogP contribution in [0.15, 0.2) is 35.2 Å². The van der Waals surface area contributed by atoms with Crippen molar-refractivity contribution >= 4 is 10.8 Å². The van der Waals surface area contributed by atoms with E-state index in [2.05, 4.69) is 6.92 Å². The predicted molar refractivity (Wildman–Crippen MR) is 57.2 cm³/mol. The van der Waals surface area contributed by atoms with E-state index in [0.717, 1.165) is 17.1 Å². The first-order valence-corrected chi connectivity index (χ1v) is 6.10. The van der Waals surface area contributed by atoms with E-state index in [9.17, 15) is 4.21 Å². The number of rotatable bonds is 5. The van der Waals surface area contributed by atoms with Crippen LogP contribution in [0.4, 0.5) is 0 Å². The number of hydrogen-bond acceptors (Lipinski definition) is 1. The fourth-order valence-electron chi connectivity index (χ4n) is 1.17. The monoisotopic (exact) mass is 196 g/mol. The van der Waals surface area contributed by atoms with Crippen molar-refractivity contribution in [2.45, 2.75) is 31.1 Å². The molecule has 0 saturated heterocycles. The van der Waals surface area contributed by atoms with Crippen molar-refractivity contribution in [2.75, 3.05) is 5.75 Å². The zero-order valence-corrected chi connectivity index (χ0v) is 8.85. The summed E-state index contributed by atoms with van der Waals surface area (Å²) in [5, 5.41) is 0. The van der Waals surface area contributed by atoms with Gasteiger partial charge in [-0.3, -0.25) is 4.21 Å².